The first-order valence-corrected chi connectivity index (χ1v) is 8.83. The van der Waals surface area contributed by atoms with Crippen molar-refractivity contribution in [1.29, 1.82) is 0 Å². The van der Waals surface area contributed by atoms with Gasteiger partial charge in [-0.25, -0.2) is 4.57 Å². The largest absolute Gasteiger partial charge is 0.216 e. The number of aryl methyl sites for hydroxylation is 3. The van der Waals surface area contributed by atoms with E-state index in [0.717, 1.165) is 6.42 Å². The summed E-state index contributed by atoms with van der Waals surface area (Å²) in [5, 5.41) is 0. The molecule has 0 amide bonds. The molecule has 0 spiro atoms. The van der Waals surface area contributed by atoms with Crippen LogP contribution in [0.5, 0.6) is 0 Å². The molecule has 24 heavy (non-hydrogen) atoms. The summed E-state index contributed by atoms with van der Waals surface area (Å²) < 4.78 is 2.31. The minimum absolute atomic E-state index is 0.110. The molecule has 1 heterocycles. The molecule has 0 saturated heterocycles. The van der Waals surface area contributed by atoms with Gasteiger partial charge in [0, 0.05) is 17.0 Å². The van der Waals surface area contributed by atoms with Crippen molar-refractivity contribution in [2.45, 2.75) is 32.1 Å². The van der Waals surface area contributed by atoms with E-state index in [1.165, 1.54) is 45.5 Å². The van der Waals surface area contributed by atoms with Gasteiger partial charge in [0.1, 0.15) is 7.05 Å². The van der Waals surface area contributed by atoms with Gasteiger partial charge in [-0.05, 0) is 53.6 Å². The molecule has 2 aliphatic carbocycles. The summed E-state index contributed by atoms with van der Waals surface area (Å²) in [4.78, 5) is 0. The van der Waals surface area contributed by atoms with E-state index in [4.69, 9.17) is 0 Å². The Morgan fingerprint density at radius 3 is 2.67 bits per heavy atom. The fourth-order valence-corrected chi connectivity index (χ4v) is 4.99. The second kappa shape index (κ2) is 4.57. The topological polar surface area (TPSA) is 3.88 Å². The lowest BCUT2D eigenvalue weighted by Gasteiger charge is -2.27. The average molecular weight is 312 g/mol. The molecule has 0 saturated carbocycles. The standard InChI is InChI=1S/C23H22N/c1-15-10-11-18-17-8-4-5-9-19(17)23(2)13-12-16-7-6-14-24(3)22(16)20(15)21(18)23/h4-11,14H,12-13H2,1-3H3/q+1. The SMILES string of the molecule is Cc1ccc2c3c1-c1c(ccc[n+]1C)CCC3(C)c1ccccc1-2. The smallest absolute Gasteiger partial charge is 0.201 e. The van der Waals surface area contributed by atoms with Gasteiger partial charge < -0.3 is 0 Å². The van der Waals surface area contributed by atoms with Crippen molar-refractivity contribution in [3.05, 3.63) is 77.0 Å². The van der Waals surface area contributed by atoms with Crippen LogP contribution in [0.1, 0.15) is 35.6 Å². The van der Waals surface area contributed by atoms with Crippen LogP contribution in [-0.4, -0.2) is 0 Å². The molecule has 0 fully saturated rings. The van der Waals surface area contributed by atoms with E-state index < -0.39 is 0 Å². The zero-order valence-corrected chi connectivity index (χ0v) is 14.6. The molecule has 1 atom stereocenters. The van der Waals surface area contributed by atoms with Crippen LogP contribution in [0.15, 0.2) is 54.7 Å². The van der Waals surface area contributed by atoms with Gasteiger partial charge in [0.05, 0.1) is 5.56 Å². The number of hydrogen-bond donors (Lipinski definition) is 0. The second-order valence-corrected chi connectivity index (χ2v) is 7.55. The van der Waals surface area contributed by atoms with Gasteiger partial charge in [0.25, 0.3) is 0 Å². The zero-order chi connectivity index (χ0) is 16.5. The molecule has 3 aromatic rings. The fourth-order valence-electron chi connectivity index (χ4n) is 4.99. The van der Waals surface area contributed by atoms with Crippen LogP contribution in [0.2, 0.25) is 0 Å². The number of nitrogens with zero attached hydrogens (tertiary/aromatic N) is 1. The van der Waals surface area contributed by atoms with Crippen molar-refractivity contribution in [2.24, 2.45) is 7.05 Å². The van der Waals surface area contributed by atoms with Crippen molar-refractivity contribution < 1.29 is 4.57 Å². The Morgan fingerprint density at radius 2 is 1.79 bits per heavy atom. The molecule has 5 rings (SSSR count). The Morgan fingerprint density at radius 1 is 0.958 bits per heavy atom. The maximum absolute atomic E-state index is 2.45. The predicted octanol–water partition coefficient (Wildman–Crippen LogP) is 4.72. The van der Waals surface area contributed by atoms with E-state index >= 15 is 0 Å². The second-order valence-electron chi connectivity index (χ2n) is 7.55. The van der Waals surface area contributed by atoms with Crippen LogP contribution in [0.25, 0.3) is 22.4 Å². The molecule has 0 N–H and O–H groups in total. The molecular weight excluding hydrogens is 290 g/mol. The molecule has 118 valence electrons. The lowest BCUT2D eigenvalue weighted by Crippen LogP contribution is -2.32. The molecule has 2 aromatic carbocycles. The van der Waals surface area contributed by atoms with Gasteiger partial charge in [0.2, 0.25) is 5.69 Å². The highest BCUT2D eigenvalue weighted by Crippen LogP contribution is 2.56. The Hall–Kier alpha value is -2.41. The minimum atomic E-state index is 0.110. The maximum atomic E-state index is 2.45. The Balaban J connectivity index is 1.98. The maximum Gasteiger partial charge on any atom is 0.216 e. The summed E-state index contributed by atoms with van der Waals surface area (Å²) in [6, 6.07) is 18.1. The van der Waals surface area contributed by atoms with Gasteiger partial charge in [-0.15, -0.1) is 0 Å². The molecule has 1 unspecified atom stereocenters. The van der Waals surface area contributed by atoms with Crippen molar-refractivity contribution in [3.63, 3.8) is 0 Å². The molecule has 0 aliphatic heterocycles. The Kier molecular flexibility index (Phi) is 2.66. The normalized spacial score (nSPS) is 20.1. The fraction of sp³-hybridized carbons (Fsp3) is 0.261. The minimum Gasteiger partial charge on any atom is -0.201 e. The highest BCUT2D eigenvalue weighted by atomic mass is 14.9. The quantitative estimate of drug-likeness (QED) is 0.529. The third-order valence-corrected chi connectivity index (χ3v) is 6.17. The number of benzene rings is 2. The first-order valence-electron chi connectivity index (χ1n) is 8.83. The summed E-state index contributed by atoms with van der Waals surface area (Å²) >= 11 is 0. The van der Waals surface area contributed by atoms with Crippen LogP contribution in [-0.2, 0) is 18.9 Å². The van der Waals surface area contributed by atoms with Crippen molar-refractivity contribution >= 4 is 0 Å². The van der Waals surface area contributed by atoms with Gasteiger partial charge in [-0.2, -0.15) is 0 Å². The lowest BCUT2D eigenvalue weighted by atomic mass is 9.75. The van der Waals surface area contributed by atoms with Crippen LogP contribution >= 0.6 is 0 Å². The highest BCUT2D eigenvalue weighted by Gasteiger charge is 2.44. The van der Waals surface area contributed by atoms with Crippen LogP contribution in [0, 0.1) is 6.92 Å². The summed E-state index contributed by atoms with van der Waals surface area (Å²) in [6.45, 7) is 4.72. The summed E-state index contributed by atoms with van der Waals surface area (Å²) in [6.07, 6.45) is 4.48. The molecule has 1 heteroatoms. The van der Waals surface area contributed by atoms with Gasteiger partial charge in [0.15, 0.2) is 6.20 Å². The van der Waals surface area contributed by atoms with Gasteiger partial charge in [-0.1, -0.05) is 43.3 Å². The van der Waals surface area contributed by atoms with E-state index in [1.54, 1.807) is 5.56 Å². The molecule has 2 aliphatic rings. The van der Waals surface area contributed by atoms with Crippen LogP contribution in [0.4, 0.5) is 0 Å². The van der Waals surface area contributed by atoms with Crippen molar-refractivity contribution in [2.75, 3.05) is 0 Å². The van der Waals surface area contributed by atoms with Crippen molar-refractivity contribution in [3.8, 4) is 22.4 Å². The first-order chi connectivity index (χ1) is 11.6. The molecule has 0 bridgehead atoms. The molecule has 1 nitrogen and oxygen atoms in total. The van der Waals surface area contributed by atoms with Gasteiger partial charge in [-0.3, -0.25) is 0 Å². The van der Waals surface area contributed by atoms with E-state index in [0.29, 0.717) is 0 Å². The lowest BCUT2D eigenvalue weighted by molar-refractivity contribution is -0.660. The summed E-state index contributed by atoms with van der Waals surface area (Å²) in [5.74, 6) is 0. The third kappa shape index (κ3) is 1.57. The Bertz CT molecular complexity index is 999. The Labute approximate surface area is 143 Å². The number of pyridine rings is 1. The third-order valence-electron chi connectivity index (χ3n) is 6.17. The van der Waals surface area contributed by atoms with E-state index in [-0.39, 0.29) is 5.41 Å². The van der Waals surface area contributed by atoms with E-state index in [1.807, 2.05) is 0 Å². The van der Waals surface area contributed by atoms with E-state index in [2.05, 4.69) is 80.2 Å². The summed E-state index contributed by atoms with van der Waals surface area (Å²) in [7, 11) is 2.18. The summed E-state index contributed by atoms with van der Waals surface area (Å²) in [5.41, 5.74) is 11.8. The molecule has 0 radical (unpaired) electrons. The van der Waals surface area contributed by atoms with Crippen LogP contribution in [0.3, 0.4) is 0 Å². The average Bonchev–Trinajstić information content (AvgIpc) is 2.74. The molecular formula is C23H22N+. The first kappa shape index (κ1) is 14.0. The van der Waals surface area contributed by atoms with E-state index in [9.17, 15) is 0 Å². The van der Waals surface area contributed by atoms with Crippen molar-refractivity contribution in [1.82, 2.24) is 0 Å². The number of hydrogen-bond acceptors (Lipinski definition) is 0. The highest BCUT2D eigenvalue weighted by molar-refractivity contribution is 5.89. The monoisotopic (exact) mass is 312 g/mol. The zero-order valence-electron chi connectivity index (χ0n) is 14.6. The number of fused-ring (bicyclic) bond motifs is 5. The van der Waals surface area contributed by atoms with Gasteiger partial charge >= 0.3 is 0 Å². The number of aromatic nitrogens is 1. The number of rotatable bonds is 0. The molecule has 1 aromatic heterocycles. The van der Waals surface area contributed by atoms with Crippen LogP contribution < -0.4 is 4.57 Å². The predicted molar refractivity (Wildman–Crippen MR) is 98.0 cm³/mol.